The van der Waals surface area contributed by atoms with E-state index in [0.717, 1.165) is 25.2 Å². The third kappa shape index (κ3) is 13.8. The Labute approximate surface area is 365 Å². The van der Waals surface area contributed by atoms with E-state index in [1.807, 2.05) is 33.8 Å². The van der Waals surface area contributed by atoms with Crippen molar-refractivity contribution in [1.82, 2.24) is 9.80 Å². The number of carbonyl (C=O) groups is 2. The fourth-order valence-corrected chi connectivity index (χ4v) is 10.0. The molecule has 19 atom stereocenters. The maximum Gasteiger partial charge on any atom is 0.308 e. The number of esters is 1. The van der Waals surface area contributed by atoms with Crippen LogP contribution in [0.15, 0.2) is 23.8 Å². The SMILES string of the molecule is CC[C@H]1OC(=O)C[C@@H](O)[C@H](C)[C@@H](OC2OC(C)C(O)C(N(C)C)C2O)[C@@H](CCN2C[C@H](C)C[C@H](C)C2)C[C@@H](C)C(=O)/C=C/C(C)=C/[C@@H]1COC1OC(C)C(O)C(OC)C1OC. The topological polar surface area (TPSA) is 186 Å². The number of likely N-dealkylation sites (N-methyl/N-ethyl adjacent to an activating group) is 1. The smallest absolute Gasteiger partial charge is 0.308 e. The third-order valence-electron chi connectivity index (χ3n) is 13.5. The van der Waals surface area contributed by atoms with Crippen molar-refractivity contribution >= 4 is 11.8 Å². The van der Waals surface area contributed by atoms with Crippen LogP contribution in [0.1, 0.15) is 87.5 Å². The lowest BCUT2D eigenvalue weighted by atomic mass is 9.79. The molecular formula is C46H80N2O13. The van der Waals surface area contributed by atoms with Crippen LogP contribution in [0.25, 0.3) is 0 Å². The second kappa shape index (κ2) is 23.9. The molecule has 4 N–H and O–H groups in total. The molecule has 4 rings (SSSR count). The highest BCUT2D eigenvalue weighted by Gasteiger charge is 2.48. The molecule has 3 fully saturated rings. The van der Waals surface area contributed by atoms with Crippen LogP contribution in [0.3, 0.4) is 0 Å². The van der Waals surface area contributed by atoms with Crippen LogP contribution in [0, 0.1) is 35.5 Å². The van der Waals surface area contributed by atoms with Crippen molar-refractivity contribution in [3.05, 3.63) is 23.8 Å². The Bertz CT molecular complexity index is 1420. The number of aliphatic hydroxyl groups excluding tert-OH is 4. The summed E-state index contributed by atoms with van der Waals surface area (Å²) in [5.41, 5.74) is 0.761. The van der Waals surface area contributed by atoms with Gasteiger partial charge in [0, 0.05) is 45.1 Å². The van der Waals surface area contributed by atoms with Gasteiger partial charge in [-0.2, -0.15) is 0 Å². The molecule has 4 aliphatic rings. The lowest BCUT2D eigenvalue weighted by molar-refractivity contribution is -0.304. The Morgan fingerprint density at radius 3 is 2.05 bits per heavy atom. The molecule has 3 saturated heterocycles. The average molecular weight is 869 g/mol. The summed E-state index contributed by atoms with van der Waals surface area (Å²) in [4.78, 5) is 32.1. The third-order valence-corrected chi connectivity index (χ3v) is 13.5. The van der Waals surface area contributed by atoms with Crippen LogP contribution < -0.4 is 0 Å². The van der Waals surface area contributed by atoms with E-state index in [1.54, 1.807) is 45.0 Å². The number of allylic oxidation sites excluding steroid dienone is 3. The van der Waals surface area contributed by atoms with Crippen molar-refractivity contribution in [3.8, 4) is 0 Å². The van der Waals surface area contributed by atoms with Crippen LogP contribution in [-0.4, -0.2) is 176 Å². The second-order valence-corrected chi connectivity index (χ2v) is 18.9. The maximum absolute atomic E-state index is 14.0. The molecule has 0 aromatic rings. The summed E-state index contributed by atoms with van der Waals surface area (Å²) in [5.74, 6) is -1.46. The first-order chi connectivity index (χ1) is 28.8. The van der Waals surface area contributed by atoms with Gasteiger partial charge in [0.1, 0.15) is 30.5 Å². The van der Waals surface area contributed by atoms with E-state index >= 15 is 0 Å². The van der Waals surface area contributed by atoms with E-state index in [-0.39, 0.29) is 24.7 Å². The predicted octanol–water partition coefficient (Wildman–Crippen LogP) is 3.34. The predicted molar refractivity (Wildman–Crippen MR) is 229 cm³/mol. The van der Waals surface area contributed by atoms with Gasteiger partial charge in [-0.15, -0.1) is 0 Å². The quantitative estimate of drug-likeness (QED) is 0.209. The largest absolute Gasteiger partial charge is 0.462 e. The summed E-state index contributed by atoms with van der Waals surface area (Å²) in [6, 6.07) is -0.684. The Balaban J connectivity index is 1.68. The van der Waals surface area contributed by atoms with Gasteiger partial charge in [0.25, 0.3) is 0 Å². The van der Waals surface area contributed by atoms with Gasteiger partial charge in [0.05, 0.1) is 49.6 Å². The highest BCUT2D eigenvalue weighted by Crippen LogP contribution is 2.36. The van der Waals surface area contributed by atoms with Crippen molar-refractivity contribution in [2.75, 3.05) is 54.6 Å². The molecular weight excluding hydrogens is 789 g/mol. The molecule has 0 radical (unpaired) electrons. The number of hydrogen-bond donors (Lipinski definition) is 4. The highest BCUT2D eigenvalue weighted by molar-refractivity contribution is 5.91. The molecule has 61 heavy (non-hydrogen) atoms. The highest BCUT2D eigenvalue weighted by atomic mass is 16.7. The maximum atomic E-state index is 14.0. The van der Waals surface area contributed by atoms with E-state index < -0.39 is 103 Å². The fourth-order valence-electron chi connectivity index (χ4n) is 10.0. The second-order valence-electron chi connectivity index (χ2n) is 18.9. The molecule has 0 spiro atoms. The Morgan fingerprint density at radius 1 is 0.820 bits per heavy atom. The Hall–Kier alpha value is -1.86. The van der Waals surface area contributed by atoms with Gasteiger partial charge >= 0.3 is 5.97 Å². The van der Waals surface area contributed by atoms with Crippen molar-refractivity contribution in [2.45, 2.75) is 167 Å². The van der Waals surface area contributed by atoms with Gasteiger partial charge < -0.3 is 63.4 Å². The van der Waals surface area contributed by atoms with E-state index in [2.05, 4.69) is 18.7 Å². The molecule has 0 aromatic heterocycles. The number of hydrogen-bond acceptors (Lipinski definition) is 15. The van der Waals surface area contributed by atoms with E-state index in [0.29, 0.717) is 31.1 Å². The zero-order valence-electron chi connectivity index (χ0n) is 38.9. The average Bonchev–Trinajstić information content (AvgIpc) is 3.19. The number of piperidine rings is 1. The molecule has 0 aliphatic carbocycles. The van der Waals surface area contributed by atoms with Crippen molar-refractivity contribution in [3.63, 3.8) is 0 Å². The van der Waals surface area contributed by atoms with Crippen molar-refractivity contribution in [1.29, 1.82) is 0 Å². The number of likely N-dealkylation sites (tertiary alicyclic amines) is 1. The first kappa shape index (κ1) is 51.8. The first-order valence-electron chi connectivity index (χ1n) is 22.6. The number of nitrogens with zero attached hydrogens (tertiary/aromatic N) is 2. The normalized spacial score (nSPS) is 44.3. The molecule has 15 heteroatoms. The number of carbonyl (C=O) groups excluding carboxylic acids is 2. The number of rotatable bonds is 12. The summed E-state index contributed by atoms with van der Waals surface area (Å²) in [7, 11) is 6.54. The molecule has 352 valence electrons. The zero-order valence-corrected chi connectivity index (χ0v) is 38.9. The van der Waals surface area contributed by atoms with Crippen LogP contribution >= 0.6 is 0 Å². The van der Waals surface area contributed by atoms with Crippen molar-refractivity contribution < 1.29 is 63.2 Å². The molecule has 4 heterocycles. The minimum absolute atomic E-state index is 0.0427. The molecule has 4 aliphatic heterocycles. The lowest BCUT2D eigenvalue weighted by Gasteiger charge is -2.47. The van der Waals surface area contributed by atoms with Crippen molar-refractivity contribution in [2.24, 2.45) is 35.5 Å². The first-order valence-corrected chi connectivity index (χ1v) is 22.6. The van der Waals surface area contributed by atoms with Gasteiger partial charge in [-0.05, 0) is 90.9 Å². The van der Waals surface area contributed by atoms with Gasteiger partial charge in [-0.25, -0.2) is 0 Å². The summed E-state index contributed by atoms with van der Waals surface area (Å²) in [6.45, 7) is 18.2. The van der Waals surface area contributed by atoms with Gasteiger partial charge in [0.2, 0.25) is 0 Å². The molecule has 0 saturated carbocycles. The molecule has 10 unspecified atom stereocenters. The number of cyclic esters (lactones) is 1. The fraction of sp³-hybridized carbons (Fsp3) is 0.870. The van der Waals surface area contributed by atoms with Crippen LogP contribution in [0.4, 0.5) is 0 Å². The molecule has 0 amide bonds. The Morgan fingerprint density at radius 2 is 1.44 bits per heavy atom. The minimum atomic E-state index is -1.23. The number of aliphatic hydroxyl groups is 4. The van der Waals surface area contributed by atoms with Gasteiger partial charge in [-0.1, -0.05) is 52.3 Å². The minimum Gasteiger partial charge on any atom is -0.462 e. The van der Waals surface area contributed by atoms with E-state index in [9.17, 15) is 30.0 Å². The summed E-state index contributed by atoms with van der Waals surface area (Å²) < 4.78 is 42.6. The summed E-state index contributed by atoms with van der Waals surface area (Å²) in [5, 5.41) is 45.3. The molecule has 15 nitrogen and oxygen atoms in total. The standard InChI is InChI=1S/C46H80N2O13/c1-13-36-33(24-57-46-44(56-12)43(55-11)40(53)31(8)59-46)19-25(2)14-15-34(49)28(5)20-32(16-17-48-22-26(3)18-27(4)23-48)42(29(6)35(50)21-37(51)60-36)61-45-41(54)38(47(9)10)39(52)30(7)58-45/h14-15,19,26-33,35-36,38-46,50,52-54H,13,16-18,20-24H2,1-12H3/b15-14+,25-19+/t26-,27+,28-,29+,30?,31?,32+,33-,35-,36-,38?,39?,40?,41?,42-,43?,44?,45?,46?/m1/s1. The zero-order chi connectivity index (χ0) is 45.3. The molecule has 0 aromatic carbocycles. The molecule has 0 bridgehead atoms. The lowest BCUT2D eigenvalue weighted by Crippen LogP contribution is -2.63. The van der Waals surface area contributed by atoms with Gasteiger partial charge in [0.15, 0.2) is 18.4 Å². The number of methoxy groups -OCH3 is 2. The van der Waals surface area contributed by atoms with Crippen LogP contribution in [-0.2, 0) is 42.7 Å². The summed E-state index contributed by atoms with van der Waals surface area (Å²) in [6.07, 6.45) is -2.96. The summed E-state index contributed by atoms with van der Waals surface area (Å²) >= 11 is 0. The Kier molecular flexibility index (Phi) is 20.3. The van der Waals surface area contributed by atoms with E-state index in [1.165, 1.54) is 20.6 Å². The van der Waals surface area contributed by atoms with Crippen LogP contribution in [0.2, 0.25) is 0 Å². The van der Waals surface area contributed by atoms with E-state index in [4.69, 9.17) is 33.2 Å². The number of ketones is 1. The van der Waals surface area contributed by atoms with Gasteiger partial charge in [-0.3, -0.25) is 9.59 Å². The van der Waals surface area contributed by atoms with Crippen LogP contribution in [0.5, 0.6) is 0 Å². The number of ether oxygens (including phenoxy) is 7. The monoisotopic (exact) mass is 869 g/mol.